The highest BCUT2D eigenvalue weighted by Crippen LogP contribution is 2.13. The monoisotopic (exact) mass is 1010 g/mol. The van der Waals surface area contributed by atoms with Crippen molar-refractivity contribution in [3.8, 4) is 0 Å². The van der Waals surface area contributed by atoms with Crippen LogP contribution >= 0.6 is 0 Å². The molecule has 0 aliphatic heterocycles. The van der Waals surface area contributed by atoms with Crippen molar-refractivity contribution >= 4 is 65.1 Å². The van der Waals surface area contributed by atoms with E-state index in [1.165, 1.54) is 27.7 Å². The Kier molecular flexibility index (Phi) is 29.3. The van der Waals surface area contributed by atoms with Gasteiger partial charge in [-0.15, -0.1) is 0 Å². The quantitative estimate of drug-likeness (QED) is 0.0213. The molecule has 24 heteroatoms. The first kappa shape index (κ1) is 64.9. The van der Waals surface area contributed by atoms with Gasteiger partial charge in [0.15, 0.2) is 5.96 Å². The fourth-order valence-corrected chi connectivity index (χ4v) is 6.93. The summed E-state index contributed by atoms with van der Waals surface area (Å²) >= 11 is 0. The molecule has 71 heavy (non-hydrogen) atoms. The molecule has 0 aromatic rings. The average Bonchev–Trinajstić information content (AvgIpc) is 3.25. The zero-order valence-corrected chi connectivity index (χ0v) is 44.3. The number of aliphatic imine (C=N–C) groups is 1. The molecule has 406 valence electrons. The molecule has 0 unspecified atom stereocenters. The van der Waals surface area contributed by atoms with Crippen LogP contribution in [0.3, 0.4) is 0 Å². The smallest absolute Gasteiger partial charge is 0.325 e. The van der Waals surface area contributed by atoms with E-state index in [9.17, 15) is 53.1 Å². The Morgan fingerprint density at radius 3 is 1.25 bits per heavy atom. The molecule has 0 aromatic carbocycles. The number of guanidine groups is 1. The number of carbonyl (C=O) groups excluding carboxylic acids is 9. The topological polar surface area (TPSA) is 390 Å². The lowest BCUT2D eigenvalue weighted by atomic mass is 9.96. The average molecular weight is 1010 g/mol. The third-order valence-corrected chi connectivity index (χ3v) is 11.3. The second-order valence-corrected chi connectivity index (χ2v) is 20.0. The number of carbonyl (C=O) groups is 10. The first-order valence-electron chi connectivity index (χ1n) is 24.6. The van der Waals surface area contributed by atoms with Gasteiger partial charge in [-0.05, 0) is 89.4 Å². The summed E-state index contributed by atoms with van der Waals surface area (Å²) in [6, 6.07) is -11.5. The molecule has 0 spiro atoms. The molecule has 0 fully saturated rings. The molecule has 0 saturated carbocycles. The van der Waals surface area contributed by atoms with Crippen molar-refractivity contribution in [2.45, 2.75) is 196 Å². The van der Waals surface area contributed by atoms with Gasteiger partial charge in [0.05, 0.1) is 6.04 Å². The van der Waals surface area contributed by atoms with Gasteiger partial charge in [0.2, 0.25) is 53.2 Å². The molecular weight excluding hydrogens is 923 g/mol. The predicted molar refractivity (Wildman–Crippen MR) is 268 cm³/mol. The van der Waals surface area contributed by atoms with Crippen molar-refractivity contribution in [1.29, 1.82) is 0 Å². The van der Waals surface area contributed by atoms with Crippen molar-refractivity contribution in [2.75, 3.05) is 6.54 Å². The number of hydrogen-bond donors (Lipinski definition) is 13. The number of nitrogens with zero attached hydrogens (tertiary/aromatic N) is 1. The van der Waals surface area contributed by atoms with E-state index in [0.717, 1.165) is 0 Å². The number of carboxylic acid groups (broad SMARTS) is 1. The number of nitrogens with two attached hydrogens (primary N) is 3. The summed E-state index contributed by atoms with van der Waals surface area (Å²) in [5.74, 6) is -8.67. The maximum Gasteiger partial charge on any atom is 0.325 e. The van der Waals surface area contributed by atoms with E-state index in [0.29, 0.717) is 12.8 Å². The van der Waals surface area contributed by atoms with E-state index in [4.69, 9.17) is 17.2 Å². The molecule has 9 amide bonds. The van der Waals surface area contributed by atoms with Gasteiger partial charge in [0.1, 0.15) is 54.4 Å². The van der Waals surface area contributed by atoms with E-state index in [1.54, 1.807) is 27.7 Å². The fourth-order valence-electron chi connectivity index (χ4n) is 6.93. The molecule has 0 bridgehead atoms. The van der Waals surface area contributed by atoms with Gasteiger partial charge in [-0.25, -0.2) is 0 Å². The number of aliphatic carboxylic acids is 1. The minimum atomic E-state index is -1.29. The largest absolute Gasteiger partial charge is 0.480 e. The first-order valence-corrected chi connectivity index (χ1v) is 24.6. The minimum absolute atomic E-state index is 0.00107. The fraction of sp³-hybridized carbons (Fsp3) is 0.766. The lowest BCUT2D eigenvalue weighted by molar-refractivity contribution is -0.142. The third kappa shape index (κ3) is 25.1. The van der Waals surface area contributed by atoms with Crippen molar-refractivity contribution < 1.29 is 53.1 Å². The summed E-state index contributed by atoms with van der Waals surface area (Å²) < 4.78 is 0. The van der Waals surface area contributed by atoms with Crippen LogP contribution in [-0.4, -0.2) is 137 Å². The van der Waals surface area contributed by atoms with Gasteiger partial charge in [0, 0.05) is 6.54 Å². The van der Waals surface area contributed by atoms with Crippen LogP contribution in [0.1, 0.15) is 135 Å². The van der Waals surface area contributed by atoms with Crippen LogP contribution in [0.15, 0.2) is 4.99 Å². The molecular formula is C47H87N13O11. The minimum Gasteiger partial charge on any atom is -0.480 e. The highest BCUT2D eigenvalue weighted by Gasteiger charge is 2.35. The zero-order valence-electron chi connectivity index (χ0n) is 44.3. The highest BCUT2D eigenvalue weighted by molar-refractivity contribution is 5.98. The van der Waals surface area contributed by atoms with Crippen LogP contribution in [0.25, 0.3) is 0 Å². The third-order valence-electron chi connectivity index (χ3n) is 11.3. The molecule has 24 nitrogen and oxygen atoms in total. The van der Waals surface area contributed by atoms with E-state index in [-0.39, 0.29) is 55.9 Å². The Labute approximate surface area is 419 Å². The lowest BCUT2D eigenvalue weighted by Crippen LogP contribution is -2.60. The molecule has 0 aliphatic carbocycles. The van der Waals surface area contributed by atoms with Crippen LogP contribution in [-0.2, 0) is 47.9 Å². The van der Waals surface area contributed by atoms with Gasteiger partial charge in [-0.3, -0.25) is 52.9 Å². The van der Waals surface area contributed by atoms with Gasteiger partial charge < -0.3 is 70.2 Å². The second kappa shape index (κ2) is 32.0. The van der Waals surface area contributed by atoms with Gasteiger partial charge in [-0.1, -0.05) is 75.7 Å². The summed E-state index contributed by atoms with van der Waals surface area (Å²) in [5.41, 5.74) is 17.0. The molecule has 11 atom stereocenters. The van der Waals surface area contributed by atoms with E-state index < -0.39 is 131 Å². The predicted octanol–water partition coefficient (Wildman–Crippen LogP) is -1.26. The molecule has 0 aromatic heterocycles. The van der Waals surface area contributed by atoms with Crippen molar-refractivity contribution in [3.63, 3.8) is 0 Å². The number of hydrogen-bond acceptors (Lipinski definition) is 12. The zero-order chi connectivity index (χ0) is 55.0. The SMILES string of the molecule is CC[C@H](C)[C@H](NC(=O)[C@H](C)NC(=O)[C@H](CCCN=C(N)N)NC(=O)[C@H](C)NC(=O)[C@H](C)NC(=O)[C@H](CC(C)C)NC(=O)[C@H](CC(C)C)NC(=O)[C@@H](N)CC(C)C)C(=O)N[C@H](C(=O)N[C@@H](C)C(=O)O)C(C)C. The van der Waals surface area contributed by atoms with Crippen LogP contribution in [0.2, 0.25) is 0 Å². The maximum atomic E-state index is 13.7. The molecule has 16 N–H and O–H groups in total. The van der Waals surface area contributed by atoms with Crippen molar-refractivity contribution in [2.24, 2.45) is 51.8 Å². The maximum absolute atomic E-state index is 13.7. The van der Waals surface area contributed by atoms with Gasteiger partial charge in [0.25, 0.3) is 0 Å². The Balaban J connectivity index is 6.08. The van der Waals surface area contributed by atoms with Crippen LogP contribution in [0.4, 0.5) is 0 Å². The van der Waals surface area contributed by atoms with E-state index in [1.807, 2.05) is 41.5 Å². The van der Waals surface area contributed by atoms with E-state index in [2.05, 4.69) is 52.8 Å². The number of rotatable bonds is 32. The van der Waals surface area contributed by atoms with Crippen molar-refractivity contribution in [1.82, 2.24) is 47.9 Å². The lowest BCUT2D eigenvalue weighted by Gasteiger charge is -2.29. The Morgan fingerprint density at radius 2 is 0.817 bits per heavy atom. The number of carboxylic acids is 1. The Morgan fingerprint density at radius 1 is 0.451 bits per heavy atom. The summed E-state index contributed by atoms with van der Waals surface area (Å²) in [4.78, 5) is 136. The standard InChI is InChI=1S/C47H87N13O11/c1-15-26(10)36(45(69)59-35(25(8)9)44(68)55-30(14)46(70)71)60-39(63)29(13)53-41(65)32(17-16-18-51-47(49)50)56-38(62)28(12)52-37(61)27(11)54-42(66)33(20-23(4)5)58-43(67)34(21-24(6)7)57-40(64)31(48)19-22(2)3/h22-36H,15-21,48H2,1-14H3,(H,52,61)(H,53,65)(H,54,66)(H,55,68)(H,56,62)(H,57,64)(H,58,67)(H,59,69)(H,60,63)(H,70,71)(H4,49,50,51)/t26-,27-,28-,29-,30-,31-,32-,33-,34-,35-,36-/m0/s1. The summed E-state index contributed by atoms with van der Waals surface area (Å²) in [7, 11) is 0. The second-order valence-electron chi connectivity index (χ2n) is 20.0. The summed E-state index contributed by atoms with van der Waals surface area (Å²) in [6.07, 6.45) is 1.46. The number of amides is 9. The van der Waals surface area contributed by atoms with Gasteiger partial charge in [-0.2, -0.15) is 0 Å². The Hall–Kier alpha value is -6.07. The summed E-state index contributed by atoms with van der Waals surface area (Å²) in [6.45, 7) is 23.5. The molecule has 0 radical (unpaired) electrons. The number of nitrogens with one attached hydrogen (secondary N) is 9. The molecule has 0 rings (SSSR count). The van der Waals surface area contributed by atoms with E-state index >= 15 is 0 Å². The molecule has 0 saturated heterocycles. The van der Waals surface area contributed by atoms with Crippen LogP contribution in [0.5, 0.6) is 0 Å². The van der Waals surface area contributed by atoms with Crippen LogP contribution in [0, 0.1) is 29.6 Å². The molecule has 0 heterocycles. The van der Waals surface area contributed by atoms with Crippen molar-refractivity contribution in [3.05, 3.63) is 0 Å². The molecule has 0 aliphatic rings. The Bertz CT molecular complexity index is 1840. The highest BCUT2D eigenvalue weighted by atomic mass is 16.4. The normalized spacial score (nSPS) is 16.0. The van der Waals surface area contributed by atoms with Crippen LogP contribution < -0.4 is 65.1 Å². The summed E-state index contributed by atoms with van der Waals surface area (Å²) in [5, 5.41) is 32.5. The first-order chi connectivity index (χ1) is 32.8. The van der Waals surface area contributed by atoms with Gasteiger partial charge >= 0.3 is 5.97 Å².